The number of hydrogen-bond donors (Lipinski definition) is 2. The summed E-state index contributed by atoms with van der Waals surface area (Å²) in [7, 11) is -3.08. The molecule has 0 bridgehead atoms. The van der Waals surface area contributed by atoms with Crippen LogP contribution in [0.5, 0.6) is 0 Å². The Balaban J connectivity index is 1.57. The summed E-state index contributed by atoms with van der Waals surface area (Å²) in [5.41, 5.74) is 1.08. The predicted molar refractivity (Wildman–Crippen MR) is 102 cm³/mol. The first-order chi connectivity index (χ1) is 13.2. The van der Waals surface area contributed by atoms with Gasteiger partial charge in [0.2, 0.25) is 5.91 Å². The van der Waals surface area contributed by atoms with Gasteiger partial charge in [-0.05, 0) is 31.9 Å². The van der Waals surface area contributed by atoms with Crippen LogP contribution < -0.4 is 10.9 Å². The van der Waals surface area contributed by atoms with Gasteiger partial charge in [0.25, 0.3) is 5.56 Å². The molecule has 4 rings (SSSR count). The van der Waals surface area contributed by atoms with E-state index in [-0.39, 0.29) is 52.9 Å². The maximum Gasteiger partial charge on any atom is 0.276 e. The third-order valence-electron chi connectivity index (χ3n) is 5.05. The summed E-state index contributed by atoms with van der Waals surface area (Å²) in [5, 5.41) is 5.79. The number of sulfone groups is 1. The van der Waals surface area contributed by atoms with E-state index in [9.17, 15) is 22.4 Å². The molecule has 3 aromatic rings. The highest BCUT2D eigenvalue weighted by atomic mass is 32.2. The molecule has 28 heavy (non-hydrogen) atoms. The van der Waals surface area contributed by atoms with Gasteiger partial charge >= 0.3 is 0 Å². The van der Waals surface area contributed by atoms with E-state index >= 15 is 0 Å². The van der Waals surface area contributed by atoms with Crippen LogP contribution in [-0.2, 0) is 21.1 Å². The van der Waals surface area contributed by atoms with Crippen molar-refractivity contribution in [3.63, 3.8) is 0 Å². The lowest BCUT2D eigenvalue weighted by Gasteiger charge is -2.11. The maximum atomic E-state index is 14.1. The fraction of sp³-hybridized carbons (Fsp3) is 0.389. The zero-order chi connectivity index (χ0) is 20.1. The number of halogens is 1. The Morgan fingerprint density at radius 2 is 2.21 bits per heavy atom. The van der Waals surface area contributed by atoms with Gasteiger partial charge < -0.3 is 5.32 Å². The number of fused-ring (bicyclic) bond motifs is 3. The van der Waals surface area contributed by atoms with E-state index < -0.39 is 15.7 Å². The van der Waals surface area contributed by atoms with Crippen molar-refractivity contribution < 1.29 is 17.6 Å². The van der Waals surface area contributed by atoms with Crippen LogP contribution >= 0.6 is 0 Å². The number of aryl methyl sites for hydroxylation is 1. The van der Waals surface area contributed by atoms with Crippen molar-refractivity contribution in [2.75, 3.05) is 11.5 Å². The van der Waals surface area contributed by atoms with Crippen molar-refractivity contribution in [3.8, 4) is 0 Å². The van der Waals surface area contributed by atoms with Gasteiger partial charge in [0.15, 0.2) is 15.5 Å². The molecule has 1 saturated heterocycles. The molecule has 0 spiro atoms. The molecule has 0 saturated carbocycles. The minimum absolute atomic E-state index is 0.0367. The largest absolute Gasteiger partial charge is 0.352 e. The van der Waals surface area contributed by atoms with Crippen LogP contribution in [0, 0.1) is 12.7 Å². The number of carbonyl (C=O) groups is 1. The standard InChI is InChI=1S/C18H19FN4O4S/c1-10-12(5-6-15(24)21-11-7-8-28(26,27)9-11)18(25)23-17(20-10)16-13(19)3-2-4-14(16)22-23/h2-4,11,22H,5-9H2,1H3,(H,21,24)/t11-/m0/s1. The number of nitrogens with zero attached hydrogens (tertiary/aromatic N) is 2. The average molecular weight is 406 g/mol. The van der Waals surface area contributed by atoms with E-state index in [1.165, 1.54) is 10.6 Å². The van der Waals surface area contributed by atoms with Gasteiger partial charge in [-0.15, -0.1) is 0 Å². The number of benzene rings is 1. The number of hydrogen-bond acceptors (Lipinski definition) is 5. The van der Waals surface area contributed by atoms with E-state index in [2.05, 4.69) is 15.4 Å². The maximum absolute atomic E-state index is 14.1. The fourth-order valence-corrected chi connectivity index (χ4v) is 5.31. The van der Waals surface area contributed by atoms with Crippen molar-refractivity contribution in [2.24, 2.45) is 0 Å². The zero-order valence-electron chi connectivity index (χ0n) is 15.2. The first-order valence-electron chi connectivity index (χ1n) is 8.93. The second kappa shape index (κ2) is 6.69. The molecular weight excluding hydrogens is 387 g/mol. The number of nitrogens with one attached hydrogen (secondary N) is 2. The number of amides is 1. The van der Waals surface area contributed by atoms with Gasteiger partial charge in [-0.25, -0.2) is 22.3 Å². The highest BCUT2D eigenvalue weighted by molar-refractivity contribution is 7.91. The third kappa shape index (κ3) is 3.28. The molecule has 0 unspecified atom stereocenters. The number of rotatable bonds is 4. The molecule has 8 nitrogen and oxygen atoms in total. The Morgan fingerprint density at radius 3 is 2.93 bits per heavy atom. The molecule has 0 radical (unpaired) electrons. The highest BCUT2D eigenvalue weighted by Gasteiger charge is 2.28. The van der Waals surface area contributed by atoms with Crippen LogP contribution in [-0.4, -0.2) is 46.5 Å². The lowest BCUT2D eigenvalue weighted by atomic mass is 10.1. The van der Waals surface area contributed by atoms with E-state index in [0.717, 1.165) is 0 Å². The third-order valence-corrected chi connectivity index (χ3v) is 6.82. The molecule has 148 valence electrons. The van der Waals surface area contributed by atoms with Crippen LogP contribution in [0.4, 0.5) is 4.39 Å². The van der Waals surface area contributed by atoms with E-state index in [0.29, 0.717) is 23.2 Å². The molecule has 1 aliphatic heterocycles. The summed E-state index contributed by atoms with van der Waals surface area (Å²) >= 11 is 0. The Hall–Kier alpha value is -2.75. The molecule has 1 atom stereocenters. The summed E-state index contributed by atoms with van der Waals surface area (Å²) < 4.78 is 38.3. The van der Waals surface area contributed by atoms with E-state index in [1.54, 1.807) is 19.1 Å². The lowest BCUT2D eigenvalue weighted by Crippen LogP contribution is -2.36. The van der Waals surface area contributed by atoms with Gasteiger partial charge in [-0.1, -0.05) is 6.07 Å². The average Bonchev–Trinajstić information content (AvgIpc) is 3.15. The van der Waals surface area contributed by atoms with Crippen LogP contribution in [0.1, 0.15) is 24.1 Å². The summed E-state index contributed by atoms with van der Waals surface area (Å²) in [6.45, 7) is 1.65. The molecule has 2 N–H and O–H groups in total. The smallest absolute Gasteiger partial charge is 0.276 e. The van der Waals surface area contributed by atoms with Crippen molar-refractivity contribution in [3.05, 3.63) is 45.6 Å². The first-order valence-corrected chi connectivity index (χ1v) is 10.8. The Labute approximate surface area is 159 Å². The van der Waals surface area contributed by atoms with Gasteiger partial charge in [-0.2, -0.15) is 0 Å². The summed E-state index contributed by atoms with van der Waals surface area (Å²) in [6.07, 6.45) is 0.600. The predicted octanol–water partition coefficient (Wildman–Crippen LogP) is 0.859. The van der Waals surface area contributed by atoms with Crippen LogP contribution in [0.3, 0.4) is 0 Å². The number of carbonyl (C=O) groups excluding carboxylic acids is 1. The number of H-pyrrole nitrogens is 1. The van der Waals surface area contributed by atoms with Crippen molar-refractivity contribution >= 4 is 32.3 Å². The number of aromatic amines is 1. The SMILES string of the molecule is Cc1nc2c3c(F)cccc3[nH]n2c(=O)c1CCC(=O)N[C@H]1CCS(=O)(=O)C1. The lowest BCUT2D eigenvalue weighted by molar-refractivity contribution is -0.121. The Morgan fingerprint density at radius 1 is 1.43 bits per heavy atom. The molecule has 1 fully saturated rings. The molecule has 2 aromatic heterocycles. The zero-order valence-corrected chi connectivity index (χ0v) is 16.0. The monoisotopic (exact) mass is 406 g/mol. The molecule has 10 heteroatoms. The van der Waals surface area contributed by atoms with Gasteiger partial charge in [0, 0.05) is 23.7 Å². The van der Waals surface area contributed by atoms with Gasteiger partial charge in [0.1, 0.15) is 5.82 Å². The normalized spacial score (nSPS) is 18.7. The van der Waals surface area contributed by atoms with Crippen LogP contribution in [0.25, 0.3) is 16.6 Å². The number of aromatic nitrogens is 3. The van der Waals surface area contributed by atoms with E-state index in [4.69, 9.17) is 0 Å². The quantitative estimate of drug-likeness (QED) is 0.667. The first kappa shape index (κ1) is 18.6. The summed E-state index contributed by atoms with van der Waals surface area (Å²) in [6, 6.07) is 4.13. The summed E-state index contributed by atoms with van der Waals surface area (Å²) in [4.78, 5) is 29.4. The minimum atomic E-state index is -3.08. The van der Waals surface area contributed by atoms with Crippen molar-refractivity contribution in [1.29, 1.82) is 0 Å². The van der Waals surface area contributed by atoms with Gasteiger partial charge in [0.05, 0.1) is 22.4 Å². The molecule has 0 aliphatic carbocycles. The molecule has 1 aliphatic rings. The van der Waals surface area contributed by atoms with E-state index in [1.807, 2.05) is 0 Å². The molecule has 3 heterocycles. The molecule has 1 amide bonds. The Bertz CT molecular complexity index is 1260. The van der Waals surface area contributed by atoms with Crippen LogP contribution in [0.2, 0.25) is 0 Å². The summed E-state index contributed by atoms with van der Waals surface area (Å²) in [5.74, 6) is -0.750. The molecule has 1 aromatic carbocycles. The van der Waals surface area contributed by atoms with Gasteiger partial charge in [-0.3, -0.25) is 14.7 Å². The molecular formula is C18H19FN4O4S. The highest BCUT2D eigenvalue weighted by Crippen LogP contribution is 2.21. The second-order valence-corrected chi connectivity index (χ2v) is 9.31. The topological polar surface area (TPSA) is 113 Å². The Kier molecular flexibility index (Phi) is 4.45. The van der Waals surface area contributed by atoms with Crippen molar-refractivity contribution in [2.45, 2.75) is 32.2 Å². The van der Waals surface area contributed by atoms with Crippen LogP contribution in [0.15, 0.2) is 23.0 Å². The van der Waals surface area contributed by atoms with Crippen molar-refractivity contribution in [1.82, 2.24) is 19.9 Å². The second-order valence-electron chi connectivity index (χ2n) is 7.08. The minimum Gasteiger partial charge on any atom is -0.352 e. The fourth-order valence-electron chi connectivity index (χ4n) is 3.63.